The molecule has 2 nitrogen and oxygen atoms in total. The smallest absolute Gasteiger partial charge is 0.172 e. The summed E-state index contributed by atoms with van der Waals surface area (Å²) in [6, 6.07) is 10.0. The van der Waals surface area contributed by atoms with E-state index in [2.05, 4.69) is 19.6 Å². The molecule has 0 fully saturated rings. The third kappa shape index (κ3) is 22.4. The molecule has 0 heterocycles. The summed E-state index contributed by atoms with van der Waals surface area (Å²) in [4.78, 5) is 0. The number of rotatable bonds is 4. The molecule has 0 saturated heterocycles. The van der Waals surface area contributed by atoms with Crippen LogP contribution >= 0.6 is 0 Å². The van der Waals surface area contributed by atoms with Gasteiger partial charge in [-0.3, -0.25) is 0 Å². The number of halogens is 2. The van der Waals surface area contributed by atoms with Gasteiger partial charge in [0.1, 0.15) is 0 Å². The van der Waals surface area contributed by atoms with Gasteiger partial charge in [0, 0.05) is 0 Å². The van der Waals surface area contributed by atoms with Crippen LogP contribution in [0.15, 0.2) is 30.3 Å². The topological polar surface area (TPSA) is 18.5 Å². The Balaban J connectivity index is -0.000000106. The van der Waals surface area contributed by atoms with Gasteiger partial charge in [0.2, 0.25) is 0 Å². The average Bonchev–Trinajstić information content (AvgIpc) is 2.56. The maximum atomic E-state index is 5.74. The van der Waals surface area contributed by atoms with Crippen LogP contribution in [0, 0.1) is 7.43 Å². The van der Waals surface area contributed by atoms with Crippen molar-refractivity contribution in [3.8, 4) is 0 Å². The van der Waals surface area contributed by atoms with Crippen molar-refractivity contribution in [1.82, 2.24) is 0 Å². The average molecular weight is 405 g/mol. The van der Waals surface area contributed by atoms with Gasteiger partial charge >= 0.3 is 79.3 Å². The van der Waals surface area contributed by atoms with Crippen molar-refractivity contribution in [2.45, 2.75) is 26.6 Å². The van der Waals surface area contributed by atoms with Crippen LogP contribution < -0.4 is 24.8 Å². The molecule has 0 aliphatic heterocycles. The van der Waals surface area contributed by atoms with E-state index < -0.39 is 14.2 Å². The summed E-state index contributed by atoms with van der Waals surface area (Å²) in [6.45, 7) is 9.40. The Bertz CT molecular complexity index is 247. The van der Waals surface area contributed by atoms with Gasteiger partial charge in [0.15, 0.2) is 0 Å². The Morgan fingerprint density at radius 1 is 1.17 bits per heavy atom. The van der Waals surface area contributed by atoms with E-state index in [9.17, 15) is 0 Å². The van der Waals surface area contributed by atoms with E-state index in [-0.39, 0.29) is 32.2 Å². The summed E-state index contributed by atoms with van der Waals surface area (Å²) in [5.74, 6) is -0.846. The molecule has 1 aromatic carbocycles. The molecule has 0 aromatic heterocycles. The molecule has 0 amide bonds. The molecule has 1 rings (SSSR count). The quantitative estimate of drug-likeness (QED) is 0.401. The van der Waals surface area contributed by atoms with Crippen molar-refractivity contribution in [3.63, 3.8) is 0 Å². The Labute approximate surface area is 141 Å². The summed E-state index contributed by atoms with van der Waals surface area (Å²) in [5.41, 5.74) is 0. The third-order valence-electron chi connectivity index (χ3n) is 1.23. The molecule has 0 spiro atoms. The summed E-state index contributed by atoms with van der Waals surface area (Å²) in [5, 5.41) is 0. The fourth-order valence-electron chi connectivity index (χ4n) is 0.759. The predicted molar refractivity (Wildman–Crippen MR) is 70.3 cm³/mol. The van der Waals surface area contributed by atoms with Gasteiger partial charge in [-0.1, -0.05) is 0 Å². The Hall–Kier alpha value is 1.17. The maximum absolute atomic E-state index is 5.74. The first-order valence-corrected chi connectivity index (χ1v) is 13.4. The summed E-state index contributed by atoms with van der Waals surface area (Å²) >= 11 is 1.42. The first-order valence-electron chi connectivity index (χ1n) is 5.02. The minimum atomic E-state index is -1.31. The van der Waals surface area contributed by atoms with Crippen molar-refractivity contribution in [2.75, 3.05) is 6.61 Å². The second-order valence-electron chi connectivity index (χ2n) is 3.90. The molecular weight excluding hydrogens is 382 g/mol. The third-order valence-corrected chi connectivity index (χ3v) is 8.29. The second kappa shape index (κ2) is 16.2. The molecule has 106 valence electrons. The molecule has 0 saturated carbocycles. The molecule has 0 aliphatic rings. The maximum Gasteiger partial charge on any atom is -0.172 e. The zero-order valence-corrected chi connectivity index (χ0v) is 17.6. The van der Waals surface area contributed by atoms with E-state index >= 15 is 0 Å². The number of hydrogen-bond donors (Lipinski definition) is 0. The first kappa shape index (κ1) is 27.5. The van der Waals surface area contributed by atoms with Gasteiger partial charge in [-0.15, -0.1) is 0 Å². The molecule has 0 unspecified atom stereocenters. The fraction of sp³-hybridized carbons (Fsp3) is 0.455. The summed E-state index contributed by atoms with van der Waals surface area (Å²) in [6.07, 6.45) is 0. The Kier molecular flexibility index (Phi) is 24.8. The van der Waals surface area contributed by atoms with E-state index in [0.717, 1.165) is 6.61 Å². The standard InChI is InChI=1S/C5H14O2Si2.C5H5.CH3.2ClH.Zr/c1-5-6-8-7-9(2,3)4;1-2-4-5-3-1;;;;/h5H2,1-4H3;1-5H;1H3;2*1H;/q;2*-1;;;+2/p-2. The minimum absolute atomic E-state index is 0. The van der Waals surface area contributed by atoms with Crippen molar-refractivity contribution < 1.29 is 56.7 Å². The molecular formula is C11H22Cl2O2Si2Zr-2. The molecule has 0 bridgehead atoms. The van der Waals surface area contributed by atoms with Gasteiger partial charge in [-0.2, -0.15) is 18.2 Å². The van der Waals surface area contributed by atoms with Crippen LogP contribution in [0.1, 0.15) is 6.92 Å². The molecule has 0 radical (unpaired) electrons. The van der Waals surface area contributed by atoms with Crippen LogP contribution in [0.2, 0.25) is 19.6 Å². The van der Waals surface area contributed by atoms with E-state index in [1.165, 1.54) is 23.3 Å². The van der Waals surface area contributed by atoms with E-state index in [4.69, 9.17) is 8.54 Å². The van der Waals surface area contributed by atoms with Crippen LogP contribution in [-0.4, -0.2) is 20.8 Å². The van der Waals surface area contributed by atoms with Crippen molar-refractivity contribution in [2.24, 2.45) is 0 Å². The van der Waals surface area contributed by atoms with Crippen LogP contribution in [-0.2, 0) is 31.9 Å². The predicted octanol–water partition coefficient (Wildman–Crippen LogP) is -2.73. The van der Waals surface area contributed by atoms with Crippen LogP contribution in [0.25, 0.3) is 0 Å². The first-order chi connectivity index (χ1) is 6.95. The molecule has 0 atom stereocenters. The van der Waals surface area contributed by atoms with Crippen LogP contribution in [0.4, 0.5) is 0 Å². The van der Waals surface area contributed by atoms with E-state index in [1.54, 1.807) is 0 Å². The Morgan fingerprint density at radius 2 is 1.61 bits per heavy atom. The number of hydrogen-bond acceptors (Lipinski definition) is 2. The Morgan fingerprint density at radius 3 is 1.83 bits per heavy atom. The molecule has 0 aliphatic carbocycles. The van der Waals surface area contributed by atoms with Gasteiger partial charge in [-0.05, 0) is 0 Å². The molecule has 1 aromatic rings. The van der Waals surface area contributed by atoms with Crippen molar-refractivity contribution >= 4 is 14.2 Å². The summed E-state index contributed by atoms with van der Waals surface area (Å²) in [7, 11) is -1.31. The van der Waals surface area contributed by atoms with Crippen molar-refractivity contribution in [1.29, 1.82) is 0 Å². The SMILES string of the molecule is CCO[Si](=[Zr+2])O[Si](C)(C)C.[CH3-].[Cl-].[Cl-].c1cc[cH-]c1. The summed E-state index contributed by atoms with van der Waals surface area (Å²) < 4.78 is 11.1. The minimum Gasteiger partial charge on any atom is -1.00 e. The van der Waals surface area contributed by atoms with Crippen molar-refractivity contribution in [3.05, 3.63) is 37.8 Å². The fourth-order valence-corrected chi connectivity index (χ4v) is 11.3. The molecule has 0 N–H and O–H groups in total. The van der Waals surface area contributed by atoms with Crippen LogP contribution in [0.3, 0.4) is 0 Å². The molecule has 18 heavy (non-hydrogen) atoms. The van der Waals surface area contributed by atoms with Gasteiger partial charge in [0.05, 0.1) is 0 Å². The van der Waals surface area contributed by atoms with E-state index in [1.807, 2.05) is 37.3 Å². The van der Waals surface area contributed by atoms with Gasteiger partial charge in [0.25, 0.3) is 0 Å². The van der Waals surface area contributed by atoms with E-state index in [0.29, 0.717) is 0 Å². The normalized spacial score (nSPS) is 8.78. The van der Waals surface area contributed by atoms with Gasteiger partial charge in [-0.25, -0.2) is 12.1 Å². The van der Waals surface area contributed by atoms with Crippen LogP contribution in [0.5, 0.6) is 0 Å². The zero-order valence-electron chi connectivity index (χ0n) is 11.7. The van der Waals surface area contributed by atoms with Gasteiger partial charge < -0.3 is 32.2 Å². The zero-order chi connectivity index (χ0) is 11.7. The second-order valence-corrected chi connectivity index (χ2v) is 12.8. The monoisotopic (exact) mass is 402 g/mol. The molecule has 7 heteroatoms. The largest absolute Gasteiger partial charge is 1.00 e.